The molecule has 0 saturated carbocycles. The number of carbonyl (C=O) groups is 1. The average Bonchev–Trinajstić information content (AvgIpc) is 2.72. The van der Waals surface area contributed by atoms with Gasteiger partial charge in [-0.15, -0.1) is 0 Å². The largest absolute Gasteiger partial charge is 0.325 e. The van der Waals surface area contributed by atoms with Crippen LogP contribution < -0.4 is 5.32 Å². The van der Waals surface area contributed by atoms with Gasteiger partial charge < -0.3 is 5.32 Å². The first-order valence-electron chi connectivity index (χ1n) is 9.21. The van der Waals surface area contributed by atoms with Crippen LogP contribution in [0.15, 0.2) is 76.1 Å². The third kappa shape index (κ3) is 6.13. The van der Waals surface area contributed by atoms with Crippen LogP contribution in [0, 0.1) is 12.7 Å². The molecule has 3 aromatic carbocycles. The summed E-state index contributed by atoms with van der Waals surface area (Å²) in [5.41, 5.74) is 2.05. The molecule has 1 amide bonds. The Balaban J connectivity index is 1.87. The summed E-state index contributed by atoms with van der Waals surface area (Å²) in [7, 11) is -3.96. The lowest BCUT2D eigenvalue weighted by Crippen LogP contribution is -2.37. The Morgan fingerprint density at radius 3 is 2.32 bits per heavy atom. The number of halogens is 3. The Morgan fingerprint density at radius 1 is 1.06 bits per heavy atom. The molecule has 0 saturated heterocycles. The third-order valence-corrected chi connectivity index (χ3v) is 7.08. The van der Waals surface area contributed by atoms with Gasteiger partial charge in [-0.2, -0.15) is 4.31 Å². The molecule has 1 N–H and O–H groups in total. The first kappa shape index (κ1) is 23.4. The van der Waals surface area contributed by atoms with Crippen molar-refractivity contribution in [1.82, 2.24) is 4.31 Å². The number of amides is 1. The van der Waals surface area contributed by atoms with E-state index in [1.54, 1.807) is 12.1 Å². The molecular formula is C22H19BrClFN2O3S. The Bertz CT molecular complexity index is 1190. The number of anilines is 1. The maximum absolute atomic E-state index is 13.4. The summed E-state index contributed by atoms with van der Waals surface area (Å²) in [6.45, 7) is 1.51. The maximum atomic E-state index is 13.4. The standard InChI is InChI=1S/C22H19BrClFN2O3S/c1-15-2-4-16(5-3-15)13-27(31(29,30)19-9-6-17(23)7-10-19)14-22(28)26-18-8-11-21(25)20(24)12-18/h2-12H,13-14H2,1H3,(H,26,28). The zero-order chi connectivity index (χ0) is 22.6. The van der Waals surface area contributed by atoms with E-state index in [1.807, 2.05) is 31.2 Å². The van der Waals surface area contributed by atoms with Crippen LogP contribution in [0.4, 0.5) is 10.1 Å². The molecule has 3 rings (SSSR count). The van der Waals surface area contributed by atoms with Gasteiger partial charge in [0.2, 0.25) is 15.9 Å². The van der Waals surface area contributed by atoms with Crippen LogP contribution in [0.5, 0.6) is 0 Å². The van der Waals surface area contributed by atoms with E-state index in [-0.39, 0.29) is 22.2 Å². The molecule has 0 unspecified atom stereocenters. The Hall–Kier alpha value is -2.26. The van der Waals surface area contributed by atoms with E-state index in [0.29, 0.717) is 0 Å². The molecule has 0 spiro atoms. The first-order valence-corrected chi connectivity index (χ1v) is 11.8. The lowest BCUT2D eigenvalue weighted by atomic mass is 10.1. The predicted octanol–water partition coefficient (Wildman–Crippen LogP) is 5.38. The minimum atomic E-state index is -3.96. The molecule has 0 bridgehead atoms. The van der Waals surface area contributed by atoms with E-state index in [9.17, 15) is 17.6 Å². The quantitative estimate of drug-likeness (QED) is 0.450. The highest BCUT2D eigenvalue weighted by atomic mass is 79.9. The smallest absolute Gasteiger partial charge is 0.243 e. The van der Waals surface area contributed by atoms with Crippen molar-refractivity contribution < 1.29 is 17.6 Å². The molecule has 0 aliphatic rings. The van der Waals surface area contributed by atoms with Crippen LogP contribution >= 0.6 is 27.5 Å². The van der Waals surface area contributed by atoms with Crippen LogP contribution in [0.1, 0.15) is 11.1 Å². The van der Waals surface area contributed by atoms with Crippen molar-refractivity contribution in [2.45, 2.75) is 18.4 Å². The number of rotatable bonds is 7. The highest BCUT2D eigenvalue weighted by Gasteiger charge is 2.27. The molecule has 0 aromatic heterocycles. The van der Waals surface area contributed by atoms with Gasteiger partial charge in [0.25, 0.3) is 0 Å². The monoisotopic (exact) mass is 524 g/mol. The normalized spacial score (nSPS) is 11.5. The van der Waals surface area contributed by atoms with Crippen molar-refractivity contribution in [3.63, 3.8) is 0 Å². The Kier molecular flexibility index (Phi) is 7.48. The van der Waals surface area contributed by atoms with Gasteiger partial charge in [0.15, 0.2) is 0 Å². The van der Waals surface area contributed by atoms with Gasteiger partial charge in [0.05, 0.1) is 16.5 Å². The number of benzene rings is 3. The molecule has 0 fully saturated rings. The second-order valence-corrected chi connectivity index (χ2v) is 10.2. The topological polar surface area (TPSA) is 66.5 Å². The Morgan fingerprint density at radius 2 is 1.71 bits per heavy atom. The number of nitrogens with one attached hydrogen (secondary N) is 1. The second kappa shape index (κ2) is 9.91. The highest BCUT2D eigenvalue weighted by Crippen LogP contribution is 2.22. The lowest BCUT2D eigenvalue weighted by Gasteiger charge is -2.22. The maximum Gasteiger partial charge on any atom is 0.243 e. The number of carbonyl (C=O) groups excluding carboxylic acids is 1. The SMILES string of the molecule is Cc1ccc(CN(CC(=O)Nc2ccc(F)c(Cl)c2)S(=O)(=O)c2ccc(Br)cc2)cc1. The average molecular weight is 526 g/mol. The summed E-state index contributed by atoms with van der Waals surface area (Å²) < 4.78 is 41.7. The Labute approximate surface area is 194 Å². The second-order valence-electron chi connectivity index (χ2n) is 6.89. The molecule has 0 aliphatic carbocycles. The number of hydrogen-bond donors (Lipinski definition) is 1. The minimum absolute atomic E-state index is 0.0102. The van der Waals surface area contributed by atoms with Gasteiger partial charge in [-0.3, -0.25) is 4.79 Å². The van der Waals surface area contributed by atoms with Crippen molar-refractivity contribution in [2.75, 3.05) is 11.9 Å². The van der Waals surface area contributed by atoms with E-state index < -0.39 is 28.3 Å². The van der Waals surface area contributed by atoms with Crippen LogP contribution in [0.3, 0.4) is 0 Å². The number of nitrogens with zero attached hydrogens (tertiary/aromatic N) is 1. The third-order valence-electron chi connectivity index (χ3n) is 4.45. The van der Waals surface area contributed by atoms with Crippen LogP contribution in [-0.2, 0) is 21.4 Å². The van der Waals surface area contributed by atoms with E-state index in [2.05, 4.69) is 21.2 Å². The van der Waals surface area contributed by atoms with E-state index in [4.69, 9.17) is 11.6 Å². The first-order chi connectivity index (χ1) is 14.6. The zero-order valence-electron chi connectivity index (χ0n) is 16.5. The molecule has 0 heterocycles. The summed E-state index contributed by atoms with van der Waals surface area (Å²) in [5, 5.41) is 2.42. The predicted molar refractivity (Wildman–Crippen MR) is 123 cm³/mol. The van der Waals surface area contributed by atoms with Gasteiger partial charge in [0.1, 0.15) is 5.82 Å². The lowest BCUT2D eigenvalue weighted by molar-refractivity contribution is -0.116. The molecule has 3 aromatic rings. The van der Waals surface area contributed by atoms with Crippen molar-refractivity contribution in [3.05, 3.63) is 93.2 Å². The van der Waals surface area contributed by atoms with Crippen LogP contribution in [-0.4, -0.2) is 25.2 Å². The van der Waals surface area contributed by atoms with Gasteiger partial charge in [0, 0.05) is 16.7 Å². The highest BCUT2D eigenvalue weighted by molar-refractivity contribution is 9.10. The fourth-order valence-electron chi connectivity index (χ4n) is 2.81. The van der Waals surface area contributed by atoms with Gasteiger partial charge in [-0.25, -0.2) is 12.8 Å². The number of aryl methyl sites for hydroxylation is 1. The summed E-state index contributed by atoms with van der Waals surface area (Å²) >= 11 is 9.04. The molecule has 162 valence electrons. The van der Waals surface area contributed by atoms with Crippen molar-refractivity contribution in [2.24, 2.45) is 0 Å². The molecular weight excluding hydrogens is 507 g/mol. The fraction of sp³-hybridized carbons (Fsp3) is 0.136. The minimum Gasteiger partial charge on any atom is -0.325 e. The van der Waals surface area contributed by atoms with Crippen molar-refractivity contribution in [1.29, 1.82) is 0 Å². The van der Waals surface area contributed by atoms with Crippen LogP contribution in [0.2, 0.25) is 5.02 Å². The summed E-state index contributed by atoms with van der Waals surface area (Å²) in [4.78, 5) is 12.7. The van der Waals surface area contributed by atoms with Gasteiger partial charge in [-0.1, -0.05) is 57.4 Å². The molecule has 0 atom stereocenters. The molecule has 0 radical (unpaired) electrons. The van der Waals surface area contributed by atoms with Crippen molar-refractivity contribution >= 4 is 49.1 Å². The van der Waals surface area contributed by atoms with Gasteiger partial charge >= 0.3 is 0 Å². The molecule has 9 heteroatoms. The van der Waals surface area contributed by atoms with E-state index in [0.717, 1.165) is 26.0 Å². The van der Waals surface area contributed by atoms with Crippen LogP contribution in [0.25, 0.3) is 0 Å². The summed E-state index contributed by atoms with van der Waals surface area (Å²) in [5.74, 6) is -1.19. The van der Waals surface area contributed by atoms with E-state index >= 15 is 0 Å². The summed E-state index contributed by atoms with van der Waals surface area (Å²) in [6.07, 6.45) is 0. The van der Waals surface area contributed by atoms with Gasteiger partial charge in [-0.05, 0) is 55.0 Å². The van der Waals surface area contributed by atoms with Crippen molar-refractivity contribution in [3.8, 4) is 0 Å². The molecule has 5 nitrogen and oxygen atoms in total. The molecule has 0 aliphatic heterocycles. The molecule has 31 heavy (non-hydrogen) atoms. The zero-order valence-corrected chi connectivity index (χ0v) is 19.6. The summed E-state index contributed by atoms with van der Waals surface area (Å²) in [6, 6.07) is 17.3. The van der Waals surface area contributed by atoms with E-state index in [1.165, 1.54) is 24.3 Å². The number of hydrogen-bond acceptors (Lipinski definition) is 3. The number of sulfonamides is 1. The fourth-order valence-corrected chi connectivity index (χ4v) is 4.64.